The second kappa shape index (κ2) is 7.79. The lowest BCUT2D eigenvalue weighted by atomic mass is 9.84. The van der Waals surface area contributed by atoms with Crippen LogP contribution in [-0.2, 0) is 11.2 Å². The van der Waals surface area contributed by atoms with Gasteiger partial charge in [0.2, 0.25) is 5.91 Å². The predicted octanol–water partition coefficient (Wildman–Crippen LogP) is 2.92. The SMILES string of the molecule is CN(C)CC1CCCCC1NC(=O)CCc1cccs1. The number of nitrogens with one attached hydrogen (secondary N) is 1. The molecule has 1 amide bonds. The largest absolute Gasteiger partial charge is 0.353 e. The van der Waals surface area contributed by atoms with Gasteiger partial charge in [0.1, 0.15) is 0 Å². The van der Waals surface area contributed by atoms with Crippen molar-refractivity contribution >= 4 is 17.2 Å². The van der Waals surface area contributed by atoms with E-state index in [-0.39, 0.29) is 5.91 Å². The maximum Gasteiger partial charge on any atom is 0.220 e. The van der Waals surface area contributed by atoms with Crippen LogP contribution in [0.5, 0.6) is 0 Å². The van der Waals surface area contributed by atoms with E-state index in [1.165, 1.54) is 24.1 Å². The number of thiophene rings is 1. The van der Waals surface area contributed by atoms with Crippen molar-refractivity contribution in [3.8, 4) is 0 Å². The van der Waals surface area contributed by atoms with Crippen LogP contribution in [0.25, 0.3) is 0 Å². The molecule has 0 aliphatic heterocycles. The zero-order chi connectivity index (χ0) is 14.4. The molecule has 1 fully saturated rings. The van der Waals surface area contributed by atoms with E-state index in [2.05, 4.69) is 35.8 Å². The summed E-state index contributed by atoms with van der Waals surface area (Å²) in [4.78, 5) is 15.7. The Hall–Kier alpha value is -0.870. The highest BCUT2D eigenvalue weighted by atomic mass is 32.1. The molecule has 1 N–H and O–H groups in total. The zero-order valence-corrected chi connectivity index (χ0v) is 13.4. The fraction of sp³-hybridized carbons (Fsp3) is 0.688. The van der Waals surface area contributed by atoms with E-state index in [1.807, 2.05) is 6.07 Å². The molecule has 1 aliphatic carbocycles. The Kier molecular flexibility index (Phi) is 6.05. The molecule has 2 rings (SSSR count). The Balaban J connectivity index is 1.78. The highest BCUT2D eigenvalue weighted by molar-refractivity contribution is 7.09. The molecule has 1 aromatic rings. The first-order chi connectivity index (χ1) is 9.65. The quantitative estimate of drug-likeness (QED) is 0.875. The van der Waals surface area contributed by atoms with Crippen LogP contribution in [0.2, 0.25) is 0 Å². The summed E-state index contributed by atoms with van der Waals surface area (Å²) in [5, 5.41) is 5.35. The fourth-order valence-corrected chi connectivity index (χ4v) is 3.76. The molecule has 112 valence electrons. The molecule has 0 radical (unpaired) electrons. The summed E-state index contributed by atoms with van der Waals surface area (Å²) in [7, 11) is 4.23. The molecule has 0 aromatic carbocycles. The molecule has 20 heavy (non-hydrogen) atoms. The van der Waals surface area contributed by atoms with Crippen molar-refractivity contribution in [2.75, 3.05) is 20.6 Å². The molecule has 1 aliphatic rings. The first kappa shape index (κ1) is 15.5. The van der Waals surface area contributed by atoms with E-state index < -0.39 is 0 Å². The Morgan fingerprint density at radius 2 is 2.20 bits per heavy atom. The Bertz CT molecular complexity index is 403. The number of hydrogen-bond acceptors (Lipinski definition) is 3. The topological polar surface area (TPSA) is 32.3 Å². The minimum absolute atomic E-state index is 0.217. The predicted molar refractivity (Wildman–Crippen MR) is 85.1 cm³/mol. The Morgan fingerprint density at radius 1 is 1.40 bits per heavy atom. The van der Waals surface area contributed by atoms with Crippen molar-refractivity contribution < 1.29 is 4.79 Å². The number of nitrogens with zero attached hydrogens (tertiary/aromatic N) is 1. The van der Waals surface area contributed by atoms with Gasteiger partial charge in [-0.3, -0.25) is 4.79 Å². The molecular formula is C16H26N2OS. The Labute approximate surface area is 126 Å². The fourth-order valence-electron chi connectivity index (χ4n) is 3.06. The average Bonchev–Trinajstić information content (AvgIpc) is 2.91. The molecule has 0 spiro atoms. The summed E-state index contributed by atoms with van der Waals surface area (Å²) in [6.07, 6.45) is 6.43. The van der Waals surface area contributed by atoms with E-state index in [0.717, 1.165) is 19.4 Å². The van der Waals surface area contributed by atoms with Gasteiger partial charge in [0, 0.05) is 23.9 Å². The van der Waals surface area contributed by atoms with Gasteiger partial charge in [-0.05, 0) is 50.7 Å². The highest BCUT2D eigenvalue weighted by Crippen LogP contribution is 2.25. The standard InChI is InChI=1S/C16H26N2OS/c1-18(2)12-13-6-3-4-8-15(13)17-16(19)10-9-14-7-5-11-20-14/h5,7,11,13,15H,3-4,6,8-10,12H2,1-2H3,(H,17,19). The summed E-state index contributed by atoms with van der Waals surface area (Å²) in [6, 6.07) is 4.53. The lowest BCUT2D eigenvalue weighted by molar-refractivity contribution is -0.122. The number of rotatable bonds is 6. The Morgan fingerprint density at radius 3 is 2.90 bits per heavy atom. The van der Waals surface area contributed by atoms with Gasteiger partial charge in [-0.1, -0.05) is 18.9 Å². The first-order valence-electron chi connectivity index (χ1n) is 7.61. The molecule has 2 atom stereocenters. The van der Waals surface area contributed by atoms with E-state index in [1.54, 1.807) is 11.3 Å². The lowest BCUT2D eigenvalue weighted by Gasteiger charge is -2.34. The van der Waals surface area contributed by atoms with Gasteiger partial charge in [-0.2, -0.15) is 0 Å². The van der Waals surface area contributed by atoms with Crippen LogP contribution in [0.15, 0.2) is 17.5 Å². The molecule has 2 unspecified atom stereocenters. The van der Waals surface area contributed by atoms with Crippen molar-refractivity contribution in [3.63, 3.8) is 0 Å². The molecule has 1 saturated carbocycles. The van der Waals surface area contributed by atoms with Gasteiger partial charge in [0.15, 0.2) is 0 Å². The van der Waals surface area contributed by atoms with Crippen LogP contribution in [0.4, 0.5) is 0 Å². The molecule has 0 saturated heterocycles. The summed E-state index contributed by atoms with van der Waals surface area (Å²) >= 11 is 1.73. The van der Waals surface area contributed by atoms with Crippen LogP contribution in [0.3, 0.4) is 0 Å². The van der Waals surface area contributed by atoms with Crippen molar-refractivity contribution in [2.45, 2.75) is 44.6 Å². The third-order valence-electron chi connectivity index (χ3n) is 4.03. The van der Waals surface area contributed by atoms with Gasteiger partial charge in [0.05, 0.1) is 0 Å². The van der Waals surface area contributed by atoms with E-state index in [4.69, 9.17) is 0 Å². The third-order valence-corrected chi connectivity index (χ3v) is 4.97. The minimum Gasteiger partial charge on any atom is -0.353 e. The van der Waals surface area contributed by atoms with Crippen LogP contribution in [0.1, 0.15) is 37.0 Å². The number of hydrogen-bond donors (Lipinski definition) is 1. The van der Waals surface area contributed by atoms with E-state index in [0.29, 0.717) is 18.4 Å². The maximum absolute atomic E-state index is 12.1. The lowest BCUT2D eigenvalue weighted by Crippen LogP contribution is -2.45. The van der Waals surface area contributed by atoms with E-state index in [9.17, 15) is 4.79 Å². The van der Waals surface area contributed by atoms with E-state index >= 15 is 0 Å². The van der Waals surface area contributed by atoms with Gasteiger partial charge >= 0.3 is 0 Å². The molecule has 1 aromatic heterocycles. The monoisotopic (exact) mass is 294 g/mol. The summed E-state index contributed by atoms with van der Waals surface area (Å²) in [5.41, 5.74) is 0. The molecule has 4 heteroatoms. The average molecular weight is 294 g/mol. The summed E-state index contributed by atoms with van der Waals surface area (Å²) < 4.78 is 0. The molecule has 3 nitrogen and oxygen atoms in total. The summed E-state index contributed by atoms with van der Waals surface area (Å²) in [5.74, 6) is 0.832. The second-order valence-corrected chi connectivity index (χ2v) is 7.09. The normalized spacial score (nSPS) is 22.9. The van der Waals surface area contributed by atoms with Crippen molar-refractivity contribution in [1.29, 1.82) is 0 Å². The van der Waals surface area contributed by atoms with Crippen molar-refractivity contribution in [3.05, 3.63) is 22.4 Å². The maximum atomic E-state index is 12.1. The number of amides is 1. The van der Waals surface area contributed by atoms with Crippen LogP contribution < -0.4 is 5.32 Å². The molecule has 1 heterocycles. The van der Waals surface area contributed by atoms with Crippen molar-refractivity contribution in [1.82, 2.24) is 10.2 Å². The van der Waals surface area contributed by atoms with Gasteiger partial charge < -0.3 is 10.2 Å². The summed E-state index contributed by atoms with van der Waals surface area (Å²) in [6.45, 7) is 1.08. The zero-order valence-electron chi connectivity index (χ0n) is 12.6. The van der Waals surface area contributed by atoms with Crippen LogP contribution in [0, 0.1) is 5.92 Å². The van der Waals surface area contributed by atoms with Crippen LogP contribution in [-0.4, -0.2) is 37.5 Å². The molecular weight excluding hydrogens is 268 g/mol. The second-order valence-electron chi connectivity index (χ2n) is 6.06. The number of carbonyl (C=O) groups is 1. The first-order valence-corrected chi connectivity index (χ1v) is 8.49. The van der Waals surface area contributed by atoms with Crippen molar-refractivity contribution in [2.24, 2.45) is 5.92 Å². The number of carbonyl (C=O) groups excluding carboxylic acids is 1. The van der Waals surface area contributed by atoms with Gasteiger partial charge in [-0.25, -0.2) is 0 Å². The number of aryl methyl sites for hydroxylation is 1. The highest BCUT2D eigenvalue weighted by Gasteiger charge is 2.26. The van der Waals surface area contributed by atoms with Crippen LogP contribution >= 0.6 is 11.3 Å². The van der Waals surface area contributed by atoms with Gasteiger partial charge in [-0.15, -0.1) is 11.3 Å². The third kappa shape index (κ3) is 4.91. The van der Waals surface area contributed by atoms with Gasteiger partial charge in [0.25, 0.3) is 0 Å². The minimum atomic E-state index is 0.217. The molecule has 0 bridgehead atoms. The smallest absolute Gasteiger partial charge is 0.220 e.